The summed E-state index contributed by atoms with van der Waals surface area (Å²) in [5.41, 5.74) is 6.52. The smallest absolute Gasteiger partial charge is 0.342 e. The van der Waals surface area contributed by atoms with Crippen LogP contribution in [0.4, 0.5) is 0 Å². The normalized spacial score (nSPS) is 12.3. The minimum absolute atomic E-state index is 0.00937. The second kappa shape index (κ2) is 12.5. The molecule has 0 spiro atoms. The summed E-state index contributed by atoms with van der Waals surface area (Å²) in [6.45, 7) is 1.59. The number of nitrogens with one attached hydrogen (secondary N) is 1. The number of phenolic OH excluding ortho intramolecular Hbond substituents is 4. The van der Waals surface area contributed by atoms with E-state index in [4.69, 9.17) is 10.5 Å². The lowest BCUT2D eigenvalue weighted by Gasteiger charge is -2.28. The largest absolute Gasteiger partial charge is 0.504 e. The lowest BCUT2D eigenvalue weighted by molar-refractivity contribution is -0.135. The Bertz CT molecular complexity index is 1300. The topological polar surface area (TPSA) is 183 Å². The van der Waals surface area contributed by atoms with Crippen molar-refractivity contribution in [3.63, 3.8) is 0 Å². The molecular formula is C27H29N3O8. The number of carbonyl (C=O) groups is 3. The first-order valence-electron chi connectivity index (χ1n) is 11.7. The number of rotatable bonds is 10. The second-order valence-electron chi connectivity index (χ2n) is 8.48. The van der Waals surface area contributed by atoms with Crippen LogP contribution < -0.4 is 11.1 Å². The molecule has 3 aromatic rings. The highest BCUT2D eigenvalue weighted by Crippen LogP contribution is 2.29. The Morgan fingerprint density at radius 1 is 0.868 bits per heavy atom. The van der Waals surface area contributed by atoms with Crippen LogP contribution in [-0.4, -0.2) is 68.3 Å². The summed E-state index contributed by atoms with van der Waals surface area (Å²) in [5, 5.41) is 41.7. The van der Waals surface area contributed by atoms with Crippen LogP contribution in [0.2, 0.25) is 0 Å². The number of ether oxygens (including phenoxy) is 1. The van der Waals surface area contributed by atoms with Gasteiger partial charge in [-0.05, 0) is 36.8 Å². The van der Waals surface area contributed by atoms with Crippen LogP contribution in [0.5, 0.6) is 23.0 Å². The van der Waals surface area contributed by atoms with Gasteiger partial charge in [0.2, 0.25) is 5.91 Å². The van der Waals surface area contributed by atoms with E-state index in [9.17, 15) is 34.8 Å². The van der Waals surface area contributed by atoms with E-state index in [-0.39, 0.29) is 30.8 Å². The van der Waals surface area contributed by atoms with Gasteiger partial charge in [-0.2, -0.15) is 0 Å². The molecule has 2 atom stereocenters. The number of benzene rings is 3. The highest BCUT2D eigenvalue weighted by molar-refractivity contribution is 5.97. The summed E-state index contributed by atoms with van der Waals surface area (Å²) >= 11 is 0. The first-order chi connectivity index (χ1) is 18.1. The fourth-order valence-corrected chi connectivity index (χ4v) is 3.60. The maximum Gasteiger partial charge on any atom is 0.342 e. The number of nitrogens with two attached hydrogens (primary N) is 1. The maximum absolute atomic E-state index is 13.3. The van der Waals surface area contributed by atoms with Crippen molar-refractivity contribution >= 4 is 17.8 Å². The number of esters is 1. The van der Waals surface area contributed by atoms with Gasteiger partial charge in [0.25, 0.3) is 5.91 Å². The molecule has 0 aromatic heterocycles. The molecule has 38 heavy (non-hydrogen) atoms. The van der Waals surface area contributed by atoms with E-state index in [2.05, 4.69) is 5.32 Å². The first kappa shape index (κ1) is 27.8. The fraction of sp³-hybridized carbons (Fsp3) is 0.222. The zero-order valence-corrected chi connectivity index (χ0v) is 20.6. The molecule has 0 heterocycles. The quantitative estimate of drug-likeness (QED) is 0.171. The molecule has 0 radical (unpaired) electrons. The van der Waals surface area contributed by atoms with E-state index >= 15 is 0 Å². The van der Waals surface area contributed by atoms with E-state index in [1.807, 2.05) is 18.2 Å². The van der Waals surface area contributed by atoms with Crippen LogP contribution in [0.15, 0.2) is 66.7 Å². The molecule has 0 saturated carbocycles. The van der Waals surface area contributed by atoms with Gasteiger partial charge < -0.3 is 41.1 Å². The molecule has 0 fully saturated rings. The number of hydrogen-bond donors (Lipinski definition) is 6. The molecule has 0 aliphatic carbocycles. The van der Waals surface area contributed by atoms with Gasteiger partial charge in [-0.15, -0.1) is 0 Å². The number of nitrogens with zero attached hydrogens (tertiary/aromatic N) is 1. The van der Waals surface area contributed by atoms with E-state index in [1.54, 1.807) is 12.1 Å². The van der Waals surface area contributed by atoms with Crippen molar-refractivity contribution in [1.82, 2.24) is 10.2 Å². The van der Waals surface area contributed by atoms with E-state index in [0.717, 1.165) is 5.56 Å². The SMILES string of the molecule is C[C@@H](OC(=O)c1cccc(O)c1O)[C@H](N)C(=O)N(CCNC(=O)c1cccc(O)c1O)Cc1ccccc1. The standard InChI is InChI=1S/C27H29N3O8/c1-16(38-27(37)19-10-6-12-21(32)24(19)34)22(28)26(36)30(15-17-7-3-2-4-8-17)14-13-29-25(35)18-9-5-11-20(31)23(18)33/h2-12,16,22,31-34H,13-15,28H2,1H3,(H,29,35)/t16-,22+/m1/s1. The summed E-state index contributed by atoms with van der Waals surface area (Å²) in [7, 11) is 0. The zero-order valence-electron chi connectivity index (χ0n) is 20.6. The maximum atomic E-state index is 13.3. The molecule has 11 heteroatoms. The third-order valence-electron chi connectivity index (χ3n) is 5.77. The Hall–Kier alpha value is -4.77. The molecule has 0 aliphatic rings. The Kier molecular flexibility index (Phi) is 9.12. The van der Waals surface area contributed by atoms with Crippen LogP contribution in [0.25, 0.3) is 0 Å². The van der Waals surface area contributed by atoms with Crippen LogP contribution in [0.3, 0.4) is 0 Å². The lowest BCUT2D eigenvalue weighted by atomic mass is 10.1. The monoisotopic (exact) mass is 523 g/mol. The summed E-state index contributed by atoms with van der Waals surface area (Å²) in [5.74, 6) is -4.33. The van der Waals surface area contributed by atoms with Gasteiger partial charge in [0.1, 0.15) is 17.7 Å². The minimum atomic E-state index is -1.28. The van der Waals surface area contributed by atoms with Gasteiger partial charge in [0, 0.05) is 19.6 Å². The average molecular weight is 524 g/mol. The minimum Gasteiger partial charge on any atom is -0.504 e. The fourth-order valence-electron chi connectivity index (χ4n) is 3.60. The number of phenols is 4. The Morgan fingerprint density at radius 2 is 1.45 bits per heavy atom. The van der Waals surface area contributed by atoms with E-state index < -0.39 is 52.9 Å². The molecule has 200 valence electrons. The molecule has 11 nitrogen and oxygen atoms in total. The molecular weight excluding hydrogens is 494 g/mol. The van der Waals surface area contributed by atoms with Crippen molar-refractivity contribution in [2.24, 2.45) is 5.73 Å². The molecule has 3 aromatic carbocycles. The number of amides is 2. The molecule has 0 aliphatic heterocycles. The molecule has 0 saturated heterocycles. The van der Waals surface area contributed by atoms with Crippen molar-refractivity contribution in [2.45, 2.75) is 25.6 Å². The predicted molar refractivity (Wildman–Crippen MR) is 137 cm³/mol. The van der Waals surface area contributed by atoms with Crippen molar-refractivity contribution in [1.29, 1.82) is 0 Å². The average Bonchev–Trinajstić information content (AvgIpc) is 2.90. The van der Waals surface area contributed by atoms with Crippen molar-refractivity contribution in [3.8, 4) is 23.0 Å². The number of hydrogen-bond acceptors (Lipinski definition) is 9. The van der Waals surface area contributed by atoms with Crippen LogP contribution in [-0.2, 0) is 16.1 Å². The van der Waals surface area contributed by atoms with Gasteiger partial charge in [-0.1, -0.05) is 42.5 Å². The van der Waals surface area contributed by atoms with Gasteiger partial charge in [-0.25, -0.2) is 4.79 Å². The number of para-hydroxylation sites is 2. The second-order valence-corrected chi connectivity index (χ2v) is 8.48. The van der Waals surface area contributed by atoms with Gasteiger partial charge >= 0.3 is 5.97 Å². The summed E-state index contributed by atoms with van der Waals surface area (Å²) in [6.07, 6.45) is -1.10. The molecule has 0 unspecified atom stereocenters. The number of carbonyl (C=O) groups excluding carboxylic acids is 3. The first-order valence-corrected chi connectivity index (χ1v) is 11.7. The summed E-state index contributed by atoms with van der Waals surface area (Å²) in [4.78, 5) is 39.7. The van der Waals surface area contributed by atoms with Gasteiger partial charge in [0.15, 0.2) is 23.0 Å². The highest BCUT2D eigenvalue weighted by atomic mass is 16.5. The van der Waals surface area contributed by atoms with Crippen LogP contribution >= 0.6 is 0 Å². The van der Waals surface area contributed by atoms with Gasteiger partial charge in [0.05, 0.1) is 5.56 Å². The van der Waals surface area contributed by atoms with E-state index in [1.165, 1.54) is 48.2 Å². The van der Waals surface area contributed by atoms with Crippen molar-refractivity contribution < 1.29 is 39.5 Å². The zero-order chi connectivity index (χ0) is 27.8. The number of aromatic hydroxyl groups is 4. The third-order valence-corrected chi connectivity index (χ3v) is 5.77. The lowest BCUT2D eigenvalue weighted by Crippen LogP contribution is -2.51. The third kappa shape index (κ3) is 6.71. The van der Waals surface area contributed by atoms with Crippen molar-refractivity contribution in [2.75, 3.05) is 13.1 Å². The Balaban J connectivity index is 1.69. The molecule has 2 amide bonds. The highest BCUT2D eigenvalue weighted by Gasteiger charge is 2.30. The predicted octanol–water partition coefficient (Wildman–Crippen LogP) is 1.84. The van der Waals surface area contributed by atoms with Crippen LogP contribution in [0, 0.1) is 0 Å². The summed E-state index contributed by atoms with van der Waals surface area (Å²) < 4.78 is 5.28. The van der Waals surface area contributed by atoms with Crippen LogP contribution in [0.1, 0.15) is 33.2 Å². The molecule has 7 N–H and O–H groups in total. The Morgan fingerprint density at radius 3 is 2.08 bits per heavy atom. The molecule has 3 rings (SSSR count). The van der Waals surface area contributed by atoms with Gasteiger partial charge in [-0.3, -0.25) is 9.59 Å². The molecule has 0 bridgehead atoms. The summed E-state index contributed by atoms with van der Waals surface area (Å²) in [6, 6.07) is 15.6. The van der Waals surface area contributed by atoms with Crippen molar-refractivity contribution in [3.05, 3.63) is 83.4 Å². The van der Waals surface area contributed by atoms with E-state index in [0.29, 0.717) is 0 Å². The Labute approximate surface area is 218 Å².